The molecule has 2 aliphatic rings. The number of hydrogen-bond acceptors (Lipinski definition) is 5. The summed E-state index contributed by atoms with van der Waals surface area (Å²) in [6.07, 6.45) is 2.78. The van der Waals surface area contributed by atoms with Crippen molar-refractivity contribution in [1.29, 1.82) is 0 Å². The summed E-state index contributed by atoms with van der Waals surface area (Å²) in [4.78, 5) is 37.3. The van der Waals surface area contributed by atoms with Crippen molar-refractivity contribution in [1.82, 2.24) is 4.90 Å². The molecule has 6 nitrogen and oxygen atoms in total. The van der Waals surface area contributed by atoms with E-state index in [1.165, 1.54) is 11.8 Å². The number of ether oxygens (including phenoxy) is 1. The summed E-state index contributed by atoms with van der Waals surface area (Å²) in [5, 5.41) is 10.2. The molecule has 0 aromatic heterocycles. The molecule has 1 N–H and O–H groups in total. The highest BCUT2D eigenvalue weighted by atomic mass is 16.5. The van der Waals surface area contributed by atoms with E-state index in [4.69, 9.17) is 4.74 Å². The molecule has 1 saturated carbocycles. The number of likely N-dealkylation sites (tertiary alicyclic amines) is 1. The highest BCUT2D eigenvalue weighted by Crippen LogP contribution is 2.46. The normalized spacial score (nSPS) is 20.3. The van der Waals surface area contributed by atoms with Gasteiger partial charge >= 0.3 is 0 Å². The number of aliphatic hydroxyl groups excluding tert-OH is 1. The third-order valence-electron chi connectivity index (χ3n) is 5.13. The fraction of sp³-hybridized carbons (Fsp3) is 0.526. The minimum atomic E-state index is -0.967. The van der Waals surface area contributed by atoms with Gasteiger partial charge in [-0.25, -0.2) is 0 Å². The molecule has 0 bridgehead atoms. The predicted molar refractivity (Wildman–Crippen MR) is 90.2 cm³/mol. The van der Waals surface area contributed by atoms with Crippen LogP contribution in [0.25, 0.3) is 0 Å². The van der Waals surface area contributed by atoms with Crippen molar-refractivity contribution < 1.29 is 24.2 Å². The standard InChI is InChI=1S/C19H23NO5/c1-13(21)14-5-4-6-16(9-14)25-12-15(22)11-20-17(23)10-19(18(20)24)7-2-3-8-19/h4-6,9,15,22H,2-3,7-8,10-12H2,1H3/t15-/m1/s1. The lowest BCUT2D eigenvalue weighted by Crippen LogP contribution is -2.41. The van der Waals surface area contributed by atoms with E-state index in [1.807, 2.05) is 0 Å². The first-order valence-corrected chi connectivity index (χ1v) is 8.68. The molecule has 1 aromatic rings. The number of rotatable bonds is 6. The zero-order valence-electron chi connectivity index (χ0n) is 14.4. The second-order valence-electron chi connectivity index (χ2n) is 7.02. The summed E-state index contributed by atoms with van der Waals surface area (Å²) >= 11 is 0. The summed E-state index contributed by atoms with van der Waals surface area (Å²) in [6.45, 7) is 1.37. The molecule has 134 valence electrons. The van der Waals surface area contributed by atoms with Gasteiger partial charge < -0.3 is 9.84 Å². The molecule has 1 saturated heterocycles. The Labute approximate surface area is 146 Å². The van der Waals surface area contributed by atoms with Gasteiger partial charge in [0, 0.05) is 12.0 Å². The average molecular weight is 345 g/mol. The smallest absolute Gasteiger partial charge is 0.235 e. The molecule has 1 spiro atoms. The van der Waals surface area contributed by atoms with Crippen LogP contribution in [0.1, 0.15) is 49.4 Å². The number of ketones is 1. The quantitative estimate of drug-likeness (QED) is 0.629. The first-order valence-electron chi connectivity index (χ1n) is 8.68. The molecule has 1 aromatic carbocycles. The molecule has 2 fully saturated rings. The Hall–Kier alpha value is -2.21. The van der Waals surface area contributed by atoms with Crippen molar-refractivity contribution in [2.45, 2.75) is 45.1 Å². The van der Waals surface area contributed by atoms with Gasteiger partial charge in [-0.15, -0.1) is 0 Å². The number of nitrogens with zero attached hydrogens (tertiary/aromatic N) is 1. The average Bonchev–Trinajstić information content (AvgIpc) is 3.14. The van der Waals surface area contributed by atoms with Gasteiger partial charge in [-0.1, -0.05) is 25.0 Å². The zero-order chi connectivity index (χ0) is 18.0. The third kappa shape index (κ3) is 3.58. The first-order chi connectivity index (χ1) is 11.9. The number of hydrogen-bond donors (Lipinski definition) is 1. The first kappa shape index (κ1) is 17.6. The van der Waals surface area contributed by atoms with E-state index in [1.54, 1.807) is 24.3 Å². The highest BCUT2D eigenvalue weighted by molar-refractivity contribution is 6.06. The van der Waals surface area contributed by atoms with E-state index in [0.717, 1.165) is 25.7 Å². The van der Waals surface area contributed by atoms with E-state index in [2.05, 4.69) is 0 Å². The molecular weight excluding hydrogens is 322 g/mol. The van der Waals surface area contributed by atoms with Crippen LogP contribution in [-0.4, -0.2) is 46.9 Å². The Morgan fingerprint density at radius 2 is 2.04 bits per heavy atom. The van der Waals surface area contributed by atoms with Gasteiger partial charge in [0.05, 0.1) is 12.0 Å². The summed E-state index contributed by atoms with van der Waals surface area (Å²) in [6, 6.07) is 6.69. The number of carbonyl (C=O) groups is 3. The fourth-order valence-corrected chi connectivity index (χ4v) is 3.75. The lowest BCUT2D eigenvalue weighted by atomic mass is 9.84. The van der Waals surface area contributed by atoms with Gasteiger partial charge in [-0.2, -0.15) is 0 Å². The van der Waals surface area contributed by atoms with Crippen LogP contribution in [0.5, 0.6) is 5.75 Å². The van der Waals surface area contributed by atoms with Crippen molar-refractivity contribution in [3.05, 3.63) is 29.8 Å². The van der Waals surface area contributed by atoms with Gasteiger partial charge in [0.15, 0.2) is 5.78 Å². The topological polar surface area (TPSA) is 83.9 Å². The van der Waals surface area contributed by atoms with Crippen molar-refractivity contribution in [2.24, 2.45) is 5.41 Å². The Morgan fingerprint density at radius 1 is 1.32 bits per heavy atom. The van der Waals surface area contributed by atoms with E-state index in [0.29, 0.717) is 11.3 Å². The van der Waals surface area contributed by atoms with Crippen LogP contribution < -0.4 is 4.74 Å². The maximum absolute atomic E-state index is 12.6. The lowest BCUT2D eigenvalue weighted by molar-refractivity contribution is -0.143. The molecular formula is C19H23NO5. The third-order valence-corrected chi connectivity index (χ3v) is 5.13. The van der Waals surface area contributed by atoms with Crippen molar-refractivity contribution in [3.63, 3.8) is 0 Å². The molecule has 1 aliphatic heterocycles. The predicted octanol–water partition coefficient (Wildman–Crippen LogP) is 1.95. The highest BCUT2D eigenvalue weighted by Gasteiger charge is 2.52. The molecule has 6 heteroatoms. The molecule has 1 atom stereocenters. The van der Waals surface area contributed by atoms with E-state index in [-0.39, 0.29) is 37.2 Å². The van der Waals surface area contributed by atoms with E-state index in [9.17, 15) is 19.5 Å². The minimum absolute atomic E-state index is 0.0498. The molecule has 3 rings (SSSR count). The van der Waals surface area contributed by atoms with Crippen molar-refractivity contribution in [2.75, 3.05) is 13.2 Å². The molecule has 1 heterocycles. The second kappa shape index (κ2) is 6.96. The number of amides is 2. The van der Waals surface area contributed by atoms with Crippen LogP contribution in [-0.2, 0) is 9.59 Å². The van der Waals surface area contributed by atoms with Gasteiger partial charge in [0.2, 0.25) is 11.8 Å². The Kier molecular flexibility index (Phi) is 4.90. The molecule has 2 amide bonds. The summed E-state index contributed by atoms with van der Waals surface area (Å²) in [5.41, 5.74) is 0.00748. The zero-order valence-corrected chi connectivity index (χ0v) is 14.4. The van der Waals surface area contributed by atoms with Crippen LogP contribution in [0.2, 0.25) is 0 Å². The fourth-order valence-electron chi connectivity index (χ4n) is 3.75. The van der Waals surface area contributed by atoms with Crippen LogP contribution in [0, 0.1) is 5.41 Å². The van der Waals surface area contributed by atoms with Crippen molar-refractivity contribution >= 4 is 17.6 Å². The Bertz CT molecular complexity index is 693. The Balaban J connectivity index is 1.57. The summed E-state index contributed by atoms with van der Waals surface area (Å²) in [5.74, 6) is 0.0522. The van der Waals surface area contributed by atoms with Crippen LogP contribution in [0.15, 0.2) is 24.3 Å². The van der Waals surface area contributed by atoms with Gasteiger partial charge in [-0.3, -0.25) is 19.3 Å². The van der Waals surface area contributed by atoms with E-state index >= 15 is 0 Å². The van der Waals surface area contributed by atoms with Crippen LogP contribution in [0.4, 0.5) is 0 Å². The number of β-amino-alcohol motifs (C(OH)–C–C–N with tert-alkyl or cyclic N) is 1. The lowest BCUT2D eigenvalue weighted by Gasteiger charge is -2.23. The molecule has 25 heavy (non-hydrogen) atoms. The molecule has 1 aliphatic carbocycles. The van der Waals surface area contributed by atoms with Gasteiger partial charge in [-0.05, 0) is 31.9 Å². The SMILES string of the molecule is CC(=O)c1cccc(OC[C@H](O)CN2C(=O)CC3(CCCC3)C2=O)c1. The van der Waals surface area contributed by atoms with Crippen molar-refractivity contribution in [3.8, 4) is 5.75 Å². The number of carbonyl (C=O) groups excluding carboxylic acids is 3. The minimum Gasteiger partial charge on any atom is -0.491 e. The Morgan fingerprint density at radius 3 is 2.72 bits per heavy atom. The molecule has 0 unspecified atom stereocenters. The maximum Gasteiger partial charge on any atom is 0.235 e. The van der Waals surface area contributed by atoms with Gasteiger partial charge in [0.1, 0.15) is 18.5 Å². The van der Waals surface area contributed by atoms with Gasteiger partial charge in [0.25, 0.3) is 0 Å². The maximum atomic E-state index is 12.6. The number of benzene rings is 1. The number of Topliss-reactive ketones (excluding diaryl/α,β-unsaturated/α-hetero) is 1. The molecule has 0 radical (unpaired) electrons. The summed E-state index contributed by atoms with van der Waals surface area (Å²) in [7, 11) is 0. The summed E-state index contributed by atoms with van der Waals surface area (Å²) < 4.78 is 5.50. The largest absolute Gasteiger partial charge is 0.491 e. The van der Waals surface area contributed by atoms with Crippen LogP contribution in [0.3, 0.4) is 0 Å². The van der Waals surface area contributed by atoms with E-state index < -0.39 is 11.5 Å². The number of imide groups is 1. The monoisotopic (exact) mass is 345 g/mol. The number of aliphatic hydroxyl groups is 1. The second-order valence-corrected chi connectivity index (χ2v) is 7.02. The van der Waals surface area contributed by atoms with Crippen LogP contribution >= 0.6 is 0 Å².